The normalized spacial score (nSPS) is 38.9. The predicted octanol–water partition coefficient (Wildman–Crippen LogP) is 0.719. The van der Waals surface area contributed by atoms with Gasteiger partial charge in [-0.1, -0.05) is 6.07 Å². The van der Waals surface area contributed by atoms with Crippen LogP contribution in [0.5, 0.6) is 11.5 Å². The Kier molecular flexibility index (Phi) is 5.18. The van der Waals surface area contributed by atoms with E-state index in [0.29, 0.717) is 35.7 Å². The molecule has 3 heterocycles. The number of ketones is 1. The molecule has 1 spiro atoms. The molecule has 0 amide bonds. The number of rotatable bonds is 5. The smallest absolute Gasteiger partial charge is 0.223 e. The van der Waals surface area contributed by atoms with Crippen molar-refractivity contribution >= 4 is 11.5 Å². The fourth-order valence-corrected chi connectivity index (χ4v) is 6.42. The molecule has 7 atom stereocenters. The Balaban J connectivity index is 1.73. The second kappa shape index (κ2) is 7.56. The molecule has 9 heteroatoms. The molecule has 0 radical (unpaired) electrons. The van der Waals surface area contributed by atoms with Crippen molar-refractivity contribution in [1.82, 2.24) is 4.90 Å². The van der Waals surface area contributed by atoms with E-state index in [1.165, 1.54) is 14.2 Å². The van der Waals surface area contributed by atoms with Crippen LogP contribution < -0.4 is 14.8 Å². The van der Waals surface area contributed by atoms with Gasteiger partial charge in [-0.2, -0.15) is 0 Å². The zero-order valence-corrected chi connectivity index (χ0v) is 19.0. The third-order valence-electron chi connectivity index (χ3n) is 7.99. The summed E-state index contributed by atoms with van der Waals surface area (Å²) in [4.78, 5) is 16.4. The molecular formula is C23H32N2O7. The number of nitrogens with zero attached hydrogens (tertiary/aromatic N) is 1. The lowest BCUT2D eigenvalue weighted by Crippen LogP contribution is -2.69. The first-order valence-electron chi connectivity index (χ1n) is 11.2. The predicted molar refractivity (Wildman–Crippen MR) is 115 cm³/mol. The maximum absolute atomic E-state index is 14.2. The molecule has 1 saturated carbocycles. The summed E-state index contributed by atoms with van der Waals surface area (Å²) >= 11 is 0. The van der Waals surface area contributed by atoms with E-state index in [4.69, 9.17) is 18.9 Å². The molecule has 3 fully saturated rings. The minimum atomic E-state index is -1.62. The van der Waals surface area contributed by atoms with Gasteiger partial charge in [0.2, 0.25) is 6.29 Å². The summed E-state index contributed by atoms with van der Waals surface area (Å²) in [5.41, 5.74) is -1.63. The summed E-state index contributed by atoms with van der Waals surface area (Å²) < 4.78 is 22.9. The molecule has 176 valence electrons. The molecule has 4 aliphatic rings. The highest BCUT2D eigenvalue weighted by Crippen LogP contribution is 2.64. The van der Waals surface area contributed by atoms with Gasteiger partial charge < -0.3 is 39.4 Å². The van der Waals surface area contributed by atoms with Crippen molar-refractivity contribution in [1.29, 1.82) is 0 Å². The topological polar surface area (TPSA) is 110 Å². The Bertz CT molecular complexity index is 922. The van der Waals surface area contributed by atoms with E-state index in [0.717, 1.165) is 13.0 Å². The average Bonchev–Trinajstić information content (AvgIpc) is 3.26. The molecule has 3 aliphatic heterocycles. The largest absolute Gasteiger partial charge is 0.493 e. The highest BCUT2D eigenvalue weighted by Gasteiger charge is 2.75. The maximum Gasteiger partial charge on any atom is 0.223 e. The minimum absolute atomic E-state index is 0.0226. The van der Waals surface area contributed by atoms with Crippen LogP contribution in [-0.2, 0) is 19.7 Å². The summed E-state index contributed by atoms with van der Waals surface area (Å²) in [6.07, 6.45) is -0.477. The zero-order chi connectivity index (χ0) is 22.8. The Morgan fingerprint density at radius 1 is 1.34 bits per heavy atom. The summed E-state index contributed by atoms with van der Waals surface area (Å²) in [6, 6.07) is 3.58. The molecule has 32 heavy (non-hydrogen) atoms. The molecule has 0 aromatic heterocycles. The number of ether oxygens (including phenoxy) is 4. The Morgan fingerprint density at radius 3 is 2.81 bits per heavy atom. The molecule has 1 aliphatic carbocycles. The SMILES string of the molecule is COc1ccc2c(c1O[C@@H](CO)OC)N[C@]1(O)[C@@H]3O[C@H](C)[C@@H]4C(=O)[C@]21CCN(C)CC[C@@H]43. The van der Waals surface area contributed by atoms with Gasteiger partial charge in [-0.25, -0.2) is 0 Å². The Morgan fingerprint density at radius 2 is 2.12 bits per heavy atom. The van der Waals surface area contributed by atoms with E-state index in [-0.39, 0.29) is 30.3 Å². The number of anilines is 1. The number of methoxy groups -OCH3 is 2. The van der Waals surface area contributed by atoms with Crippen LogP contribution in [0.25, 0.3) is 0 Å². The first-order valence-corrected chi connectivity index (χ1v) is 11.2. The van der Waals surface area contributed by atoms with Crippen LogP contribution in [0.4, 0.5) is 5.69 Å². The van der Waals surface area contributed by atoms with Crippen LogP contribution in [0.3, 0.4) is 0 Å². The number of carbonyl (C=O) groups excluding carboxylic acids is 1. The third kappa shape index (κ3) is 2.66. The second-order valence-electron chi connectivity index (χ2n) is 9.44. The van der Waals surface area contributed by atoms with Gasteiger partial charge >= 0.3 is 0 Å². The number of hydrogen-bond donors (Lipinski definition) is 3. The number of aliphatic hydroxyl groups excluding tert-OH is 1. The van der Waals surface area contributed by atoms with Gasteiger partial charge in [0.05, 0.1) is 24.8 Å². The highest BCUT2D eigenvalue weighted by atomic mass is 16.7. The molecular weight excluding hydrogens is 416 g/mol. The van der Waals surface area contributed by atoms with Crippen LogP contribution in [0.1, 0.15) is 25.3 Å². The highest BCUT2D eigenvalue weighted by molar-refractivity contribution is 6.01. The van der Waals surface area contributed by atoms with Gasteiger partial charge in [-0.15, -0.1) is 0 Å². The lowest BCUT2D eigenvalue weighted by molar-refractivity contribution is -0.161. The quantitative estimate of drug-likeness (QED) is 0.561. The van der Waals surface area contributed by atoms with Gasteiger partial charge in [0.15, 0.2) is 23.0 Å². The van der Waals surface area contributed by atoms with Gasteiger partial charge in [-0.3, -0.25) is 4.79 Å². The van der Waals surface area contributed by atoms with Gasteiger partial charge in [-0.05, 0) is 51.5 Å². The van der Waals surface area contributed by atoms with Crippen molar-refractivity contribution in [3.63, 3.8) is 0 Å². The fourth-order valence-electron chi connectivity index (χ4n) is 6.42. The van der Waals surface area contributed by atoms with E-state index < -0.39 is 23.5 Å². The Labute approximate surface area is 187 Å². The Hall–Kier alpha value is -1.91. The van der Waals surface area contributed by atoms with Crippen LogP contribution in [-0.4, -0.2) is 86.1 Å². The van der Waals surface area contributed by atoms with E-state index in [9.17, 15) is 15.0 Å². The fraction of sp³-hybridized carbons (Fsp3) is 0.696. The number of fused-ring (bicyclic) bond motifs is 2. The summed E-state index contributed by atoms with van der Waals surface area (Å²) in [5, 5.41) is 25.2. The molecule has 3 N–H and O–H groups in total. The summed E-state index contributed by atoms with van der Waals surface area (Å²) in [7, 11) is 5.00. The summed E-state index contributed by atoms with van der Waals surface area (Å²) in [6.45, 7) is 3.08. The van der Waals surface area contributed by atoms with E-state index in [1.54, 1.807) is 6.07 Å². The average molecular weight is 449 g/mol. The maximum atomic E-state index is 14.2. The van der Waals surface area contributed by atoms with Crippen molar-refractivity contribution in [2.75, 3.05) is 46.3 Å². The van der Waals surface area contributed by atoms with Crippen molar-refractivity contribution in [2.24, 2.45) is 11.8 Å². The standard InChI is InChI=1S/C23H32N2O7/c1-12-17-13-7-9-25(2)10-8-22(20(17)27)14-5-6-15(29-3)19(32-16(11-26)30-4)18(14)24-23(22,28)21(13)31-12/h5-6,12-13,16-17,21,24,26,28H,7-11H2,1-4H3/t12-,13+,16+,17+,21-,22+,23+/m1/s1. The van der Waals surface area contributed by atoms with Crippen LogP contribution in [0, 0.1) is 11.8 Å². The number of Topliss-reactive ketones (excluding diaryl/α,β-unsaturated/α-hetero) is 1. The molecule has 9 nitrogen and oxygen atoms in total. The van der Waals surface area contributed by atoms with Crippen molar-refractivity contribution in [2.45, 2.75) is 49.4 Å². The number of nitrogens with one attached hydrogen (secondary N) is 1. The van der Waals surface area contributed by atoms with E-state index >= 15 is 0 Å². The van der Waals surface area contributed by atoms with E-state index in [2.05, 4.69) is 10.2 Å². The number of benzene rings is 1. The molecule has 2 saturated heterocycles. The first-order chi connectivity index (χ1) is 15.3. The first kappa shape index (κ1) is 21.9. The van der Waals surface area contributed by atoms with Crippen molar-refractivity contribution in [3.05, 3.63) is 17.7 Å². The van der Waals surface area contributed by atoms with E-state index in [1.807, 2.05) is 20.0 Å². The molecule has 4 bridgehead atoms. The molecule has 1 aromatic rings. The molecule has 1 aromatic carbocycles. The zero-order valence-electron chi connectivity index (χ0n) is 19.0. The molecule has 5 rings (SSSR count). The number of aliphatic hydroxyl groups is 2. The minimum Gasteiger partial charge on any atom is -0.493 e. The van der Waals surface area contributed by atoms with Crippen LogP contribution in [0.2, 0.25) is 0 Å². The van der Waals surface area contributed by atoms with Crippen molar-refractivity contribution in [3.8, 4) is 11.5 Å². The number of hydrogen-bond acceptors (Lipinski definition) is 9. The van der Waals surface area contributed by atoms with Crippen molar-refractivity contribution < 1.29 is 34.0 Å². The third-order valence-corrected chi connectivity index (χ3v) is 7.99. The van der Waals surface area contributed by atoms with Gasteiger partial charge in [0, 0.05) is 13.0 Å². The van der Waals surface area contributed by atoms with Gasteiger partial charge in [0.1, 0.15) is 18.1 Å². The van der Waals surface area contributed by atoms with Gasteiger partial charge in [0.25, 0.3) is 0 Å². The van der Waals surface area contributed by atoms with Crippen LogP contribution >= 0.6 is 0 Å². The molecule has 0 unspecified atom stereocenters. The summed E-state index contributed by atoms with van der Waals surface area (Å²) in [5.74, 6) is 0.390. The number of carbonyl (C=O) groups is 1. The lowest BCUT2D eigenvalue weighted by Gasteiger charge is -2.49. The van der Waals surface area contributed by atoms with Crippen LogP contribution in [0.15, 0.2) is 12.1 Å². The second-order valence-corrected chi connectivity index (χ2v) is 9.44. The lowest BCUT2D eigenvalue weighted by atomic mass is 9.56. The monoisotopic (exact) mass is 448 g/mol.